The summed E-state index contributed by atoms with van der Waals surface area (Å²) in [6, 6.07) is 0.547. The smallest absolute Gasteiger partial charge is 0.255 e. The number of hydrogen-bond acceptors (Lipinski definition) is 3. The monoisotopic (exact) mass is 238 g/mol. The molecule has 1 amide bonds. The summed E-state index contributed by atoms with van der Waals surface area (Å²) in [6.45, 7) is 7.98. The number of aryl methyl sites for hydroxylation is 1. The molecule has 1 fully saturated rings. The lowest BCUT2D eigenvalue weighted by molar-refractivity contribution is 0.0544. The summed E-state index contributed by atoms with van der Waals surface area (Å²) in [4.78, 5) is 14.4. The van der Waals surface area contributed by atoms with Crippen LogP contribution in [0.3, 0.4) is 0 Å². The highest BCUT2D eigenvalue weighted by molar-refractivity contribution is 7.08. The molecule has 3 nitrogen and oxygen atoms in total. The third-order valence-corrected chi connectivity index (χ3v) is 4.01. The number of hydrogen-bond donors (Lipinski definition) is 1. The molecule has 1 aliphatic heterocycles. The average Bonchev–Trinajstić information content (AvgIpc) is 2.64. The van der Waals surface area contributed by atoms with Gasteiger partial charge in [0.2, 0.25) is 0 Å². The van der Waals surface area contributed by atoms with Gasteiger partial charge in [-0.15, -0.1) is 0 Å². The predicted molar refractivity (Wildman–Crippen MR) is 67.0 cm³/mol. The van der Waals surface area contributed by atoms with E-state index >= 15 is 0 Å². The summed E-state index contributed by atoms with van der Waals surface area (Å²) in [5.41, 5.74) is 1.96. The molecule has 1 aromatic rings. The van der Waals surface area contributed by atoms with Crippen LogP contribution >= 0.6 is 11.3 Å². The van der Waals surface area contributed by atoms with Crippen molar-refractivity contribution in [2.75, 3.05) is 13.1 Å². The minimum Gasteiger partial charge on any atom is -0.331 e. The molecule has 0 bridgehead atoms. The van der Waals surface area contributed by atoms with Crippen molar-refractivity contribution < 1.29 is 4.79 Å². The van der Waals surface area contributed by atoms with E-state index in [-0.39, 0.29) is 18.0 Å². The van der Waals surface area contributed by atoms with Gasteiger partial charge >= 0.3 is 0 Å². The molecule has 0 radical (unpaired) electrons. The quantitative estimate of drug-likeness (QED) is 0.810. The number of amides is 1. The molecule has 1 aliphatic rings. The Balaban J connectivity index is 2.23. The summed E-state index contributed by atoms with van der Waals surface area (Å²) < 4.78 is 0. The van der Waals surface area contributed by atoms with Crippen LogP contribution in [0.2, 0.25) is 0 Å². The van der Waals surface area contributed by atoms with Gasteiger partial charge in [-0.25, -0.2) is 0 Å². The molecule has 2 rings (SSSR count). The number of nitrogens with zero attached hydrogens (tertiary/aromatic N) is 1. The van der Waals surface area contributed by atoms with Gasteiger partial charge in [0.05, 0.1) is 5.56 Å². The SMILES string of the molecule is Cc1cscc1C(=O)N1C(C)CNCC1C. The zero-order valence-electron chi connectivity index (χ0n) is 9.99. The molecule has 0 spiro atoms. The van der Waals surface area contributed by atoms with Crippen molar-refractivity contribution in [1.29, 1.82) is 0 Å². The van der Waals surface area contributed by atoms with E-state index in [4.69, 9.17) is 0 Å². The highest BCUT2D eigenvalue weighted by Gasteiger charge is 2.30. The van der Waals surface area contributed by atoms with E-state index in [1.165, 1.54) is 0 Å². The molecular formula is C12H18N2OS. The second-order valence-electron chi connectivity index (χ2n) is 4.54. The fraction of sp³-hybridized carbons (Fsp3) is 0.583. The Morgan fingerprint density at radius 3 is 2.50 bits per heavy atom. The van der Waals surface area contributed by atoms with Gasteiger partial charge in [-0.2, -0.15) is 11.3 Å². The maximum atomic E-state index is 12.4. The van der Waals surface area contributed by atoms with Gasteiger partial charge in [0.1, 0.15) is 0 Å². The second kappa shape index (κ2) is 4.55. The van der Waals surface area contributed by atoms with Crippen LogP contribution in [-0.2, 0) is 0 Å². The third-order valence-electron chi connectivity index (χ3n) is 3.15. The molecule has 0 saturated carbocycles. The van der Waals surface area contributed by atoms with Gasteiger partial charge in [0, 0.05) is 30.6 Å². The van der Waals surface area contributed by atoms with Gasteiger partial charge in [-0.05, 0) is 31.7 Å². The highest BCUT2D eigenvalue weighted by Crippen LogP contribution is 2.20. The Labute approximate surface area is 100 Å². The van der Waals surface area contributed by atoms with E-state index in [2.05, 4.69) is 19.2 Å². The maximum Gasteiger partial charge on any atom is 0.255 e. The van der Waals surface area contributed by atoms with Crippen LogP contribution in [0, 0.1) is 6.92 Å². The van der Waals surface area contributed by atoms with Gasteiger partial charge in [0.25, 0.3) is 5.91 Å². The molecule has 4 heteroatoms. The molecule has 2 atom stereocenters. The molecule has 2 unspecified atom stereocenters. The zero-order chi connectivity index (χ0) is 11.7. The number of nitrogens with one attached hydrogen (secondary N) is 1. The van der Waals surface area contributed by atoms with Crippen LogP contribution in [0.5, 0.6) is 0 Å². The van der Waals surface area contributed by atoms with Gasteiger partial charge < -0.3 is 10.2 Å². The average molecular weight is 238 g/mol. The first kappa shape index (κ1) is 11.6. The minimum atomic E-state index is 0.181. The molecule has 1 N–H and O–H groups in total. The first-order valence-electron chi connectivity index (χ1n) is 5.67. The van der Waals surface area contributed by atoms with E-state index in [1.54, 1.807) is 11.3 Å². The summed E-state index contributed by atoms with van der Waals surface area (Å²) in [7, 11) is 0. The van der Waals surface area contributed by atoms with Crippen molar-refractivity contribution in [3.05, 3.63) is 21.9 Å². The van der Waals surface area contributed by atoms with Crippen molar-refractivity contribution in [3.63, 3.8) is 0 Å². The normalized spacial score (nSPS) is 25.8. The Morgan fingerprint density at radius 2 is 2.00 bits per heavy atom. The number of rotatable bonds is 1. The van der Waals surface area contributed by atoms with Crippen molar-refractivity contribution >= 4 is 17.2 Å². The lowest BCUT2D eigenvalue weighted by Crippen LogP contribution is -2.57. The second-order valence-corrected chi connectivity index (χ2v) is 5.28. The van der Waals surface area contributed by atoms with E-state index in [0.29, 0.717) is 0 Å². The standard InChI is InChI=1S/C12H18N2OS/c1-8-6-16-7-11(8)12(15)14-9(2)4-13-5-10(14)3/h6-7,9-10,13H,4-5H2,1-3H3. The number of carbonyl (C=O) groups is 1. The first-order valence-corrected chi connectivity index (χ1v) is 6.61. The fourth-order valence-electron chi connectivity index (χ4n) is 2.25. The fourth-order valence-corrected chi connectivity index (χ4v) is 3.07. The summed E-state index contributed by atoms with van der Waals surface area (Å²) in [6.07, 6.45) is 0. The Hall–Kier alpha value is -0.870. The molecule has 16 heavy (non-hydrogen) atoms. The molecule has 2 heterocycles. The van der Waals surface area contributed by atoms with Gasteiger partial charge in [-0.3, -0.25) is 4.79 Å². The molecular weight excluding hydrogens is 220 g/mol. The lowest BCUT2D eigenvalue weighted by Gasteiger charge is -2.39. The van der Waals surface area contributed by atoms with Gasteiger partial charge in [0.15, 0.2) is 0 Å². The van der Waals surface area contributed by atoms with Crippen LogP contribution in [-0.4, -0.2) is 36.0 Å². The van der Waals surface area contributed by atoms with E-state index in [9.17, 15) is 4.79 Å². The Bertz CT molecular complexity index is 378. The largest absolute Gasteiger partial charge is 0.331 e. The van der Waals surface area contributed by atoms with Gasteiger partial charge in [-0.1, -0.05) is 0 Å². The van der Waals surface area contributed by atoms with E-state index in [1.807, 2.05) is 22.6 Å². The molecule has 0 aliphatic carbocycles. The van der Waals surface area contributed by atoms with E-state index in [0.717, 1.165) is 24.2 Å². The zero-order valence-corrected chi connectivity index (χ0v) is 10.8. The molecule has 1 saturated heterocycles. The molecule has 0 aromatic carbocycles. The molecule has 1 aromatic heterocycles. The maximum absolute atomic E-state index is 12.4. The van der Waals surface area contributed by atoms with Crippen molar-refractivity contribution in [2.24, 2.45) is 0 Å². The van der Waals surface area contributed by atoms with E-state index < -0.39 is 0 Å². The highest BCUT2D eigenvalue weighted by atomic mass is 32.1. The molecule has 88 valence electrons. The van der Waals surface area contributed by atoms with Crippen LogP contribution in [0.4, 0.5) is 0 Å². The summed E-state index contributed by atoms with van der Waals surface area (Å²) in [5, 5.41) is 7.33. The number of carbonyl (C=O) groups excluding carboxylic acids is 1. The third kappa shape index (κ3) is 1.99. The van der Waals surface area contributed by atoms with Crippen LogP contribution in [0.1, 0.15) is 29.8 Å². The van der Waals surface area contributed by atoms with Crippen LogP contribution in [0.15, 0.2) is 10.8 Å². The summed E-state index contributed by atoms with van der Waals surface area (Å²) in [5.74, 6) is 0.181. The first-order chi connectivity index (χ1) is 7.61. The lowest BCUT2D eigenvalue weighted by atomic mass is 10.1. The topological polar surface area (TPSA) is 32.3 Å². The van der Waals surface area contributed by atoms with Crippen molar-refractivity contribution in [3.8, 4) is 0 Å². The number of piperazine rings is 1. The van der Waals surface area contributed by atoms with Crippen LogP contribution in [0.25, 0.3) is 0 Å². The Morgan fingerprint density at radius 1 is 1.38 bits per heavy atom. The minimum absolute atomic E-state index is 0.181. The Kier molecular flexibility index (Phi) is 3.30. The summed E-state index contributed by atoms with van der Waals surface area (Å²) >= 11 is 1.60. The number of thiophene rings is 1. The van der Waals surface area contributed by atoms with Crippen molar-refractivity contribution in [2.45, 2.75) is 32.9 Å². The van der Waals surface area contributed by atoms with Crippen molar-refractivity contribution in [1.82, 2.24) is 10.2 Å². The predicted octanol–water partition coefficient (Wildman–Crippen LogP) is 1.88. The van der Waals surface area contributed by atoms with Crippen LogP contribution < -0.4 is 5.32 Å².